The average Bonchev–Trinajstić information content (AvgIpc) is 2.44. The summed E-state index contributed by atoms with van der Waals surface area (Å²) in [7, 11) is 0. The molecule has 0 radical (unpaired) electrons. The number of benzene rings is 1. The quantitative estimate of drug-likeness (QED) is 0.870. The van der Waals surface area contributed by atoms with E-state index in [-0.39, 0.29) is 12.5 Å². The Kier molecular flexibility index (Phi) is 5.34. The number of nitrogens with zero attached hydrogens (tertiary/aromatic N) is 1. The van der Waals surface area contributed by atoms with E-state index in [4.69, 9.17) is 22.6 Å². The van der Waals surface area contributed by atoms with Crippen LogP contribution in [0.15, 0.2) is 18.2 Å². The van der Waals surface area contributed by atoms with Crippen molar-refractivity contribution < 1.29 is 4.79 Å². The Hall–Kier alpha value is -1.57. The molecule has 0 aliphatic carbocycles. The van der Waals surface area contributed by atoms with Gasteiger partial charge in [-0.1, -0.05) is 25.4 Å². The summed E-state index contributed by atoms with van der Waals surface area (Å²) in [6.45, 7) is 4.15. The van der Waals surface area contributed by atoms with Crippen LogP contribution in [0, 0.1) is 16.7 Å². The van der Waals surface area contributed by atoms with E-state index < -0.39 is 5.41 Å². The van der Waals surface area contributed by atoms with Crippen LogP contribution in [-0.2, 0) is 4.79 Å². The number of hydrogen-bond acceptors (Lipinski definition) is 3. The van der Waals surface area contributed by atoms with Gasteiger partial charge in [-0.25, -0.2) is 0 Å². The van der Waals surface area contributed by atoms with Gasteiger partial charge in [0.15, 0.2) is 0 Å². The Bertz CT molecular complexity index is 496. The highest BCUT2D eigenvalue weighted by Gasteiger charge is 2.33. The van der Waals surface area contributed by atoms with E-state index in [0.29, 0.717) is 29.1 Å². The van der Waals surface area contributed by atoms with Crippen molar-refractivity contribution in [2.45, 2.75) is 26.7 Å². The third kappa shape index (κ3) is 3.25. The van der Waals surface area contributed by atoms with Crippen molar-refractivity contribution in [2.24, 2.45) is 11.1 Å². The van der Waals surface area contributed by atoms with Gasteiger partial charge in [-0.15, -0.1) is 0 Å². The first-order valence-corrected chi connectivity index (χ1v) is 6.62. The first-order chi connectivity index (χ1) is 9.02. The third-order valence-corrected chi connectivity index (χ3v) is 3.90. The van der Waals surface area contributed by atoms with Crippen LogP contribution in [0.4, 0.5) is 5.69 Å². The molecule has 1 aromatic carbocycles. The molecule has 0 spiro atoms. The highest BCUT2D eigenvalue weighted by molar-refractivity contribution is 6.33. The van der Waals surface area contributed by atoms with Crippen LogP contribution >= 0.6 is 11.6 Å². The summed E-state index contributed by atoms with van der Waals surface area (Å²) in [5.74, 6) is -0.156. The second kappa shape index (κ2) is 6.55. The number of halogens is 1. The van der Waals surface area contributed by atoms with Gasteiger partial charge < -0.3 is 11.1 Å². The van der Waals surface area contributed by atoms with Gasteiger partial charge in [0.2, 0.25) is 5.91 Å². The molecule has 1 amide bonds. The summed E-state index contributed by atoms with van der Waals surface area (Å²) in [5.41, 5.74) is 6.04. The maximum atomic E-state index is 12.3. The number of hydrogen-bond donors (Lipinski definition) is 2. The number of amides is 1. The Balaban J connectivity index is 3.02. The molecule has 0 atom stereocenters. The molecule has 1 rings (SSSR count). The third-order valence-electron chi connectivity index (χ3n) is 3.57. The zero-order valence-electron chi connectivity index (χ0n) is 11.2. The van der Waals surface area contributed by atoms with Gasteiger partial charge in [0.25, 0.3) is 0 Å². The van der Waals surface area contributed by atoms with Crippen molar-refractivity contribution in [3.8, 4) is 6.07 Å². The fraction of sp³-hybridized carbons (Fsp3) is 0.429. The molecule has 19 heavy (non-hydrogen) atoms. The van der Waals surface area contributed by atoms with Crippen LogP contribution in [0.1, 0.15) is 32.3 Å². The molecule has 0 bridgehead atoms. The summed E-state index contributed by atoms with van der Waals surface area (Å²) >= 11 is 6.02. The molecule has 102 valence electrons. The van der Waals surface area contributed by atoms with E-state index in [1.54, 1.807) is 18.2 Å². The summed E-state index contributed by atoms with van der Waals surface area (Å²) in [4.78, 5) is 12.3. The zero-order valence-corrected chi connectivity index (χ0v) is 11.9. The molecule has 0 saturated heterocycles. The Morgan fingerprint density at radius 1 is 1.47 bits per heavy atom. The van der Waals surface area contributed by atoms with Gasteiger partial charge in [0, 0.05) is 6.54 Å². The molecule has 0 fully saturated rings. The Labute approximate surface area is 118 Å². The molecule has 0 saturated carbocycles. The van der Waals surface area contributed by atoms with Crippen molar-refractivity contribution in [2.75, 3.05) is 11.9 Å². The minimum Gasteiger partial charge on any atom is -0.329 e. The van der Waals surface area contributed by atoms with Gasteiger partial charge in [-0.2, -0.15) is 5.26 Å². The van der Waals surface area contributed by atoms with Crippen molar-refractivity contribution in [1.82, 2.24) is 0 Å². The largest absolute Gasteiger partial charge is 0.329 e. The van der Waals surface area contributed by atoms with Gasteiger partial charge in [0.05, 0.1) is 27.8 Å². The minimum atomic E-state index is -0.591. The number of nitrogens with two attached hydrogens (primary N) is 1. The lowest BCUT2D eigenvalue weighted by Gasteiger charge is -2.28. The van der Waals surface area contributed by atoms with Crippen LogP contribution in [0.25, 0.3) is 0 Å². The molecule has 5 heteroatoms. The Morgan fingerprint density at radius 2 is 2.11 bits per heavy atom. The number of nitriles is 1. The molecule has 1 aromatic rings. The number of rotatable bonds is 5. The lowest BCUT2D eigenvalue weighted by Crippen LogP contribution is -2.41. The van der Waals surface area contributed by atoms with E-state index in [1.807, 2.05) is 19.9 Å². The van der Waals surface area contributed by atoms with E-state index in [0.717, 1.165) is 0 Å². The fourth-order valence-electron chi connectivity index (χ4n) is 1.90. The van der Waals surface area contributed by atoms with E-state index in [1.165, 1.54) is 0 Å². The molecule has 0 aliphatic rings. The summed E-state index contributed by atoms with van der Waals surface area (Å²) in [6, 6.07) is 6.78. The molecule has 0 unspecified atom stereocenters. The topological polar surface area (TPSA) is 78.9 Å². The number of anilines is 1. The lowest BCUT2D eigenvalue weighted by atomic mass is 9.81. The predicted octanol–water partition coefficient (Wildman–Crippen LogP) is 2.92. The second-order valence-electron chi connectivity index (χ2n) is 4.45. The highest BCUT2D eigenvalue weighted by atomic mass is 35.5. The van der Waals surface area contributed by atoms with Crippen molar-refractivity contribution >= 4 is 23.2 Å². The smallest absolute Gasteiger partial charge is 0.231 e. The number of nitrogens with one attached hydrogen (secondary N) is 1. The van der Waals surface area contributed by atoms with Crippen LogP contribution in [-0.4, -0.2) is 12.5 Å². The fourth-order valence-corrected chi connectivity index (χ4v) is 2.06. The minimum absolute atomic E-state index is 0.156. The van der Waals surface area contributed by atoms with Gasteiger partial charge in [-0.3, -0.25) is 4.79 Å². The second-order valence-corrected chi connectivity index (χ2v) is 4.86. The highest BCUT2D eigenvalue weighted by Crippen LogP contribution is 2.29. The predicted molar refractivity (Wildman–Crippen MR) is 76.9 cm³/mol. The summed E-state index contributed by atoms with van der Waals surface area (Å²) in [6.07, 6.45) is 1.31. The monoisotopic (exact) mass is 279 g/mol. The van der Waals surface area contributed by atoms with Crippen molar-refractivity contribution in [1.29, 1.82) is 5.26 Å². The van der Waals surface area contributed by atoms with Crippen LogP contribution in [0.3, 0.4) is 0 Å². The Morgan fingerprint density at radius 3 is 2.58 bits per heavy atom. The van der Waals surface area contributed by atoms with E-state index >= 15 is 0 Å². The van der Waals surface area contributed by atoms with E-state index in [9.17, 15) is 4.79 Å². The van der Waals surface area contributed by atoms with Crippen LogP contribution in [0.2, 0.25) is 5.02 Å². The van der Waals surface area contributed by atoms with Crippen LogP contribution in [0.5, 0.6) is 0 Å². The first-order valence-electron chi connectivity index (χ1n) is 6.24. The molecular weight excluding hydrogens is 262 g/mol. The van der Waals surface area contributed by atoms with Gasteiger partial charge in [0.1, 0.15) is 0 Å². The molecule has 4 nitrogen and oxygen atoms in total. The zero-order chi connectivity index (χ0) is 14.5. The molecule has 0 aromatic heterocycles. The maximum Gasteiger partial charge on any atom is 0.231 e. The SMILES string of the molecule is CCC(CC)(CN)C(=O)Nc1cc(C#N)ccc1Cl. The molecular formula is C14H18ClN3O. The lowest BCUT2D eigenvalue weighted by molar-refractivity contribution is -0.125. The summed E-state index contributed by atoms with van der Waals surface area (Å²) < 4.78 is 0. The maximum absolute atomic E-state index is 12.3. The summed E-state index contributed by atoms with van der Waals surface area (Å²) in [5, 5.41) is 12.0. The average molecular weight is 280 g/mol. The van der Waals surface area contributed by atoms with Gasteiger partial charge in [-0.05, 0) is 31.0 Å². The van der Waals surface area contributed by atoms with Crippen molar-refractivity contribution in [3.63, 3.8) is 0 Å². The first kappa shape index (κ1) is 15.5. The standard InChI is InChI=1S/C14H18ClN3O/c1-3-14(4-2,9-17)13(19)18-12-7-10(8-16)5-6-11(12)15/h5-7H,3-4,9,17H2,1-2H3,(H,18,19). The number of carbonyl (C=O) groups is 1. The van der Waals surface area contributed by atoms with Crippen molar-refractivity contribution in [3.05, 3.63) is 28.8 Å². The molecule has 0 heterocycles. The van der Waals surface area contributed by atoms with Crippen LogP contribution < -0.4 is 11.1 Å². The molecule has 3 N–H and O–H groups in total. The molecule has 0 aliphatic heterocycles. The number of carbonyl (C=O) groups excluding carboxylic acids is 1. The normalized spacial score (nSPS) is 10.9. The van der Waals surface area contributed by atoms with E-state index in [2.05, 4.69) is 5.32 Å². The van der Waals surface area contributed by atoms with Gasteiger partial charge >= 0.3 is 0 Å².